The Bertz CT molecular complexity index is 2170. The molecule has 8 rings (SSSR count). The predicted octanol–water partition coefficient (Wildman–Crippen LogP) is 19.9. The number of fused-ring (bicyclic) bond motifs is 2. The molecule has 2 aliphatic rings. The van der Waals surface area contributed by atoms with E-state index in [2.05, 4.69) is 175 Å². The molecule has 6 aromatic rings. The molecule has 366 valence electrons. The van der Waals surface area contributed by atoms with Gasteiger partial charge in [-0.3, -0.25) is 0 Å². The maximum absolute atomic E-state index is 4.93. The van der Waals surface area contributed by atoms with Gasteiger partial charge in [-0.05, 0) is 73.3 Å². The molecule has 2 aliphatic carbocycles. The van der Waals surface area contributed by atoms with Gasteiger partial charge in [-0.1, -0.05) is 225 Å². The number of rotatable bonds is 12. The second kappa shape index (κ2) is 27.9. The Morgan fingerprint density at radius 1 is 0.500 bits per heavy atom. The summed E-state index contributed by atoms with van der Waals surface area (Å²) >= 11 is -0.826. The van der Waals surface area contributed by atoms with Crippen LogP contribution in [-0.4, -0.2) is 25.7 Å². The van der Waals surface area contributed by atoms with Crippen molar-refractivity contribution in [2.24, 2.45) is 10.8 Å². The third-order valence-electron chi connectivity index (χ3n) is 15.3. The average Bonchev–Trinajstić information content (AvgIpc) is 3.90. The van der Waals surface area contributed by atoms with E-state index in [4.69, 9.17) is 17.0 Å². The first-order valence-corrected chi connectivity index (χ1v) is 42.1. The van der Waals surface area contributed by atoms with E-state index in [0.717, 1.165) is 9.52 Å². The molecule has 0 unspecified atom stereocenters. The van der Waals surface area contributed by atoms with Crippen LogP contribution in [0.15, 0.2) is 109 Å². The fraction of sp³-hybridized carbons (Fsp3) is 0.516. The summed E-state index contributed by atoms with van der Waals surface area (Å²) in [4.78, 5) is 0. The molecule has 0 aromatic heterocycles. The molecule has 6 heteroatoms. The van der Waals surface area contributed by atoms with Crippen molar-refractivity contribution in [1.82, 2.24) is 0 Å². The van der Waals surface area contributed by atoms with Gasteiger partial charge in [0.2, 0.25) is 0 Å². The Kier molecular flexibility index (Phi) is 23.4. The van der Waals surface area contributed by atoms with Gasteiger partial charge in [-0.15, -0.1) is 69.1 Å². The molecule has 6 aromatic carbocycles. The molecule has 0 bridgehead atoms. The summed E-state index contributed by atoms with van der Waals surface area (Å²) in [6, 6.07) is 42.6. The van der Waals surface area contributed by atoms with E-state index in [9.17, 15) is 0 Å². The van der Waals surface area contributed by atoms with Crippen molar-refractivity contribution in [2.45, 2.75) is 195 Å². The van der Waals surface area contributed by atoms with Crippen molar-refractivity contribution < 1.29 is 20.8 Å². The molecule has 2 saturated carbocycles. The van der Waals surface area contributed by atoms with E-state index >= 15 is 0 Å². The molecule has 0 heterocycles. The van der Waals surface area contributed by atoms with Gasteiger partial charge in [0.15, 0.2) is 0 Å². The first kappa shape index (κ1) is 57.1. The molecule has 68 heavy (non-hydrogen) atoms. The Morgan fingerprint density at radius 2 is 0.809 bits per heavy atom. The first-order valence-electron chi connectivity index (χ1n) is 26.8. The van der Waals surface area contributed by atoms with Gasteiger partial charge in [-0.25, -0.2) is 0 Å². The molecule has 0 N–H and O–H groups in total. The van der Waals surface area contributed by atoms with E-state index in [1.807, 2.05) is 0 Å². The van der Waals surface area contributed by atoms with Gasteiger partial charge in [0, 0.05) is 9.52 Å². The first-order chi connectivity index (χ1) is 32.6. The van der Waals surface area contributed by atoms with Crippen molar-refractivity contribution in [1.29, 1.82) is 0 Å². The summed E-state index contributed by atoms with van der Waals surface area (Å²) in [5, 5.41) is 8.79. The van der Waals surface area contributed by atoms with Crippen LogP contribution in [0.4, 0.5) is 0 Å². The molecule has 0 aliphatic heterocycles. The fourth-order valence-corrected chi connectivity index (χ4v) is 14.2. The Morgan fingerprint density at radius 3 is 1.10 bits per heavy atom. The van der Waals surface area contributed by atoms with E-state index in [1.165, 1.54) is 183 Å². The maximum atomic E-state index is 4.93. The minimum atomic E-state index is -1.26. The fourth-order valence-electron chi connectivity index (χ4n) is 11.9. The van der Waals surface area contributed by atoms with Crippen LogP contribution in [0.2, 0.25) is 52.4 Å². The molecular formula is C62H88Cl2Si3Zr. The van der Waals surface area contributed by atoms with Gasteiger partial charge in [0.05, 0.1) is 16.1 Å². The predicted molar refractivity (Wildman–Crippen MR) is 312 cm³/mol. The molecule has 0 spiro atoms. The standard InChI is InChI=1S/2C30H41Si.C2H6Si.2ClH.Zr/c2*1-5-18-30(19-9-7-6-8-10-20-30)23-24-21-26-12-11-13-28(29(26)22-24)25-14-16-27(17-15-25)31(2,3)4;1-3-2;;;/h2*11-17,21-22H,5-10,18-20,23H2,1-4H3;1-2H3;2*1H;/q2*-1;;;;+4/p-2. The van der Waals surface area contributed by atoms with Crippen molar-refractivity contribution in [2.75, 3.05) is 0 Å². The zero-order chi connectivity index (χ0) is 49.2. The van der Waals surface area contributed by atoms with Gasteiger partial charge >= 0.3 is 37.9 Å². The molecule has 0 saturated heterocycles. The van der Waals surface area contributed by atoms with Crippen molar-refractivity contribution in [3.8, 4) is 22.3 Å². The summed E-state index contributed by atoms with van der Waals surface area (Å²) in [5.74, 6) is 0. The second-order valence-electron chi connectivity index (χ2n) is 23.0. The van der Waals surface area contributed by atoms with Gasteiger partial charge in [-0.2, -0.15) is 12.1 Å². The van der Waals surface area contributed by atoms with Crippen LogP contribution in [0.3, 0.4) is 0 Å². The summed E-state index contributed by atoms with van der Waals surface area (Å²) < 4.78 is 0. The van der Waals surface area contributed by atoms with E-state index < -0.39 is 37.0 Å². The SMILES string of the molecule is CCCC1(Cc2cc3c(-c4ccc([Si](C)(C)C)cc4)cccc3[cH-]2)CCCCCCC1.CCCC1(Cc2cc3c(-c4ccc([Si](C)(C)C)cc4)cccc3[cH-]2)CCCCCCC1.C[Si]C.[Cl][Zr+2][Cl]. The summed E-state index contributed by atoms with van der Waals surface area (Å²) in [6.45, 7) is 23.6. The van der Waals surface area contributed by atoms with E-state index in [-0.39, 0.29) is 0 Å². The van der Waals surface area contributed by atoms with Crippen LogP contribution >= 0.6 is 17.0 Å². The molecule has 2 radical (unpaired) electrons. The molecule has 2 fully saturated rings. The number of benzene rings is 4. The van der Waals surface area contributed by atoms with Gasteiger partial charge in [0.25, 0.3) is 0 Å². The number of halogens is 2. The monoisotopic (exact) mass is 1080 g/mol. The number of hydrogen-bond acceptors (Lipinski definition) is 0. The van der Waals surface area contributed by atoms with Crippen LogP contribution in [0.5, 0.6) is 0 Å². The van der Waals surface area contributed by atoms with E-state index in [0.29, 0.717) is 10.8 Å². The van der Waals surface area contributed by atoms with Crippen LogP contribution in [0, 0.1) is 10.8 Å². The summed E-state index contributed by atoms with van der Waals surface area (Å²) in [5.41, 5.74) is 9.70. The average molecular weight is 1080 g/mol. The normalized spacial score (nSPS) is 16.3. The molecule has 0 nitrogen and oxygen atoms in total. The topological polar surface area (TPSA) is 0 Å². The third-order valence-corrected chi connectivity index (χ3v) is 19.4. The summed E-state index contributed by atoms with van der Waals surface area (Å²) in [6.07, 6.45) is 28.0. The van der Waals surface area contributed by atoms with Crippen LogP contribution in [0.25, 0.3) is 43.8 Å². The van der Waals surface area contributed by atoms with Gasteiger partial charge in [0.1, 0.15) is 0 Å². The number of hydrogen-bond donors (Lipinski definition) is 0. The van der Waals surface area contributed by atoms with E-state index in [1.54, 1.807) is 11.1 Å². The molecular weight excluding hydrogens is 991 g/mol. The summed E-state index contributed by atoms with van der Waals surface area (Å²) in [7, 11) is 8.44. The van der Waals surface area contributed by atoms with Crippen molar-refractivity contribution in [3.63, 3.8) is 0 Å². The quantitative estimate of drug-likeness (QED) is 0.0846. The van der Waals surface area contributed by atoms with Crippen molar-refractivity contribution in [3.05, 3.63) is 120 Å². The Hall–Kier alpha value is -1.79. The third kappa shape index (κ3) is 16.6. The zero-order valence-corrected chi connectivity index (χ0v) is 51.3. The second-order valence-corrected chi connectivity index (χ2v) is 37.8. The van der Waals surface area contributed by atoms with Crippen molar-refractivity contribution >= 4 is 74.6 Å². The Balaban J connectivity index is 0.000000228. The zero-order valence-electron chi connectivity index (χ0n) is 44.3. The van der Waals surface area contributed by atoms with Gasteiger partial charge < -0.3 is 0 Å². The van der Waals surface area contributed by atoms with Crippen LogP contribution < -0.4 is 10.4 Å². The molecule has 0 atom stereocenters. The molecule has 0 amide bonds. The van der Waals surface area contributed by atoms with Crippen LogP contribution in [-0.2, 0) is 33.7 Å². The van der Waals surface area contributed by atoms with Crippen LogP contribution in [0.1, 0.15) is 141 Å². The minimum absolute atomic E-state index is 0.526. The Labute approximate surface area is 439 Å².